The first-order chi connectivity index (χ1) is 8.84. The molecule has 1 N–H and O–H groups in total. The largest absolute Gasteiger partial charge is 0.290 e. The van der Waals surface area contributed by atoms with E-state index >= 15 is 0 Å². The maximum atomic E-state index is 4.17. The zero-order valence-corrected chi connectivity index (χ0v) is 11.4. The zero-order chi connectivity index (χ0) is 12.4. The molecule has 2 aromatic rings. The van der Waals surface area contributed by atoms with Gasteiger partial charge in [0.1, 0.15) is 0 Å². The van der Waals surface area contributed by atoms with E-state index in [-0.39, 0.29) is 0 Å². The van der Waals surface area contributed by atoms with Crippen LogP contribution in [0, 0.1) is 6.92 Å². The third kappa shape index (κ3) is 2.33. The van der Waals surface area contributed by atoms with Crippen molar-refractivity contribution < 1.29 is 0 Å². The molecule has 3 rings (SSSR count). The van der Waals surface area contributed by atoms with Gasteiger partial charge in [-0.3, -0.25) is 15.0 Å². The highest BCUT2D eigenvalue weighted by Gasteiger charge is 2.26. The minimum atomic E-state index is 0.489. The summed E-state index contributed by atoms with van der Waals surface area (Å²) >= 11 is 1.74. The second kappa shape index (κ2) is 5.20. The van der Waals surface area contributed by atoms with Crippen LogP contribution in [0.2, 0.25) is 0 Å². The van der Waals surface area contributed by atoms with Crippen LogP contribution in [0.25, 0.3) is 0 Å². The van der Waals surface area contributed by atoms with Gasteiger partial charge in [0.15, 0.2) is 0 Å². The van der Waals surface area contributed by atoms with Gasteiger partial charge in [0.2, 0.25) is 0 Å². The van der Waals surface area contributed by atoms with E-state index in [0.717, 1.165) is 6.54 Å². The normalized spacial score (nSPS) is 21.3. The SMILES string of the molecule is Cc1cn[nH]c1C1CCCCN1Cc1cncs1. The Morgan fingerprint density at radius 3 is 3.11 bits per heavy atom. The number of likely N-dealkylation sites (tertiary alicyclic amines) is 1. The molecular weight excluding hydrogens is 244 g/mol. The zero-order valence-electron chi connectivity index (χ0n) is 10.6. The molecule has 0 radical (unpaired) electrons. The number of aromatic nitrogens is 3. The second-order valence-electron chi connectivity index (χ2n) is 4.92. The third-order valence-corrected chi connectivity index (χ3v) is 4.42. The minimum absolute atomic E-state index is 0.489. The Balaban J connectivity index is 1.80. The molecule has 1 saturated heterocycles. The molecule has 0 bridgehead atoms. The second-order valence-corrected chi connectivity index (χ2v) is 5.89. The first-order valence-electron chi connectivity index (χ1n) is 6.46. The average molecular weight is 262 g/mol. The van der Waals surface area contributed by atoms with Crippen molar-refractivity contribution in [3.8, 4) is 0 Å². The quantitative estimate of drug-likeness (QED) is 0.925. The number of rotatable bonds is 3. The molecule has 18 heavy (non-hydrogen) atoms. The molecular formula is C13H18N4S. The summed E-state index contributed by atoms with van der Waals surface area (Å²) in [7, 11) is 0. The van der Waals surface area contributed by atoms with Crippen LogP contribution in [0.15, 0.2) is 17.9 Å². The van der Waals surface area contributed by atoms with Crippen molar-refractivity contribution in [3.05, 3.63) is 34.0 Å². The number of aromatic amines is 1. The predicted octanol–water partition coefficient (Wildman–Crippen LogP) is 2.90. The summed E-state index contributed by atoms with van der Waals surface area (Å²) in [6.07, 6.45) is 7.73. The van der Waals surface area contributed by atoms with E-state index in [1.165, 1.54) is 41.9 Å². The van der Waals surface area contributed by atoms with Crippen LogP contribution in [0.3, 0.4) is 0 Å². The number of H-pyrrole nitrogens is 1. The summed E-state index contributed by atoms with van der Waals surface area (Å²) in [4.78, 5) is 8.06. The lowest BCUT2D eigenvalue weighted by atomic mass is 9.97. The third-order valence-electron chi connectivity index (χ3n) is 3.66. The first kappa shape index (κ1) is 11.9. The smallest absolute Gasteiger partial charge is 0.0794 e. The van der Waals surface area contributed by atoms with Gasteiger partial charge in [0.05, 0.1) is 23.4 Å². The van der Waals surface area contributed by atoms with Crippen LogP contribution in [-0.4, -0.2) is 26.6 Å². The first-order valence-corrected chi connectivity index (χ1v) is 7.34. The lowest BCUT2D eigenvalue weighted by Crippen LogP contribution is -2.33. The van der Waals surface area contributed by atoms with E-state index in [0.29, 0.717) is 6.04 Å². The van der Waals surface area contributed by atoms with Gasteiger partial charge < -0.3 is 0 Å². The van der Waals surface area contributed by atoms with E-state index in [1.54, 1.807) is 11.3 Å². The van der Waals surface area contributed by atoms with Crippen LogP contribution in [0.4, 0.5) is 0 Å². The van der Waals surface area contributed by atoms with Gasteiger partial charge in [-0.15, -0.1) is 11.3 Å². The van der Waals surface area contributed by atoms with Gasteiger partial charge >= 0.3 is 0 Å². The average Bonchev–Trinajstić information content (AvgIpc) is 3.02. The van der Waals surface area contributed by atoms with Gasteiger partial charge in [-0.05, 0) is 31.9 Å². The molecule has 5 heteroatoms. The Labute approximate surface area is 111 Å². The summed E-state index contributed by atoms with van der Waals surface area (Å²) in [5, 5.41) is 7.35. The van der Waals surface area contributed by atoms with Crippen molar-refractivity contribution in [2.75, 3.05) is 6.54 Å². The van der Waals surface area contributed by atoms with Crippen molar-refractivity contribution in [1.29, 1.82) is 0 Å². The fraction of sp³-hybridized carbons (Fsp3) is 0.538. The van der Waals surface area contributed by atoms with Crippen molar-refractivity contribution in [2.45, 2.75) is 38.8 Å². The predicted molar refractivity (Wildman–Crippen MR) is 72.4 cm³/mol. The molecule has 0 aromatic carbocycles. The molecule has 2 aromatic heterocycles. The minimum Gasteiger partial charge on any atom is -0.290 e. The Morgan fingerprint density at radius 1 is 1.44 bits per heavy atom. The highest BCUT2D eigenvalue weighted by molar-refractivity contribution is 7.09. The van der Waals surface area contributed by atoms with E-state index in [9.17, 15) is 0 Å². The molecule has 1 aliphatic heterocycles. The topological polar surface area (TPSA) is 44.8 Å². The number of thiazole rings is 1. The van der Waals surface area contributed by atoms with Crippen LogP contribution >= 0.6 is 11.3 Å². The highest BCUT2D eigenvalue weighted by Crippen LogP contribution is 2.32. The van der Waals surface area contributed by atoms with Crippen molar-refractivity contribution in [2.24, 2.45) is 0 Å². The highest BCUT2D eigenvalue weighted by atomic mass is 32.1. The van der Waals surface area contributed by atoms with Crippen LogP contribution in [-0.2, 0) is 6.54 Å². The summed E-state index contributed by atoms with van der Waals surface area (Å²) in [6, 6.07) is 0.489. The lowest BCUT2D eigenvalue weighted by Gasteiger charge is -2.35. The molecule has 96 valence electrons. The van der Waals surface area contributed by atoms with Crippen LogP contribution in [0.5, 0.6) is 0 Å². The number of hydrogen-bond donors (Lipinski definition) is 1. The summed E-state index contributed by atoms with van der Waals surface area (Å²) in [5.74, 6) is 0. The summed E-state index contributed by atoms with van der Waals surface area (Å²) in [6.45, 7) is 4.31. The Kier molecular flexibility index (Phi) is 3.43. The van der Waals surface area contributed by atoms with E-state index in [4.69, 9.17) is 0 Å². The van der Waals surface area contributed by atoms with Gasteiger partial charge in [-0.2, -0.15) is 5.10 Å². The number of aryl methyl sites for hydroxylation is 1. The Morgan fingerprint density at radius 2 is 2.39 bits per heavy atom. The van der Waals surface area contributed by atoms with Crippen molar-refractivity contribution >= 4 is 11.3 Å². The van der Waals surface area contributed by atoms with Gasteiger partial charge in [0.25, 0.3) is 0 Å². The number of hydrogen-bond acceptors (Lipinski definition) is 4. The molecule has 1 aliphatic rings. The molecule has 1 atom stereocenters. The molecule has 0 saturated carbocycles. The van der Waals surface area contributed by atoms with E-state index in [1.807, 2.05) is 17.9 Å². The fourth-order valence-electron chi connectivity index (χ4n) is 2.72. The molecule has 3 heterocycles. The van der Waals surface area contributed by atoms with Gasteiger partial charge in [-0.25, -0.2) is 0 Å². The molecule has 0 spiro atoms. The standard InChI is InChI=1S/C13H18N4S/c1-10-6-15-16-13(10)12-4-2-3-5-17(12)8-11-7-14-9-18-11/h6-7,9,12H,2-5,8H2,1H3,(H,15,16). The molecule has 4 nitrogen and oxygen atoms in total. The van der Waals surface area contributed by atoms with E-state index < -0.39 is 0 Å². The van der Waals surface area contributed by atoms with Crippen molar-refractivity contribution in [3.63, 3.8) is 0 Å². The monoisotopic (exact) mass is 262 g/mol. The fourth-order valence-corrected chi connectivity index (χ4v) is 3.34. The van der Waals surface area contributed by atoms with Gasteiger partial charge in [0, 0.05) is 17.6 Å². The summed E-state index contributed by atoms with van der Waals surface area (Å²) < 4.78 is 0. The summed E-state index contributed by atoms with van der Waals surface area (Å²) in [5.41, 5.74) is 4.48. The number of piperidine rings is 1. The number of nitrogens with one attached hydrogen (secondary N) is 1. The Bertz CT molecular complexity index is 491. The van der Waals surface area contributed by atoms with Gasteiger partial charge in [-0.1, -0.05) is 6.42 Å². The molecule has 0 aliphatic carbocycles. The maximum Gasteiger partial charge on any atom is 0.0794 e. The van der Waals surface area contributed by atoms with Crippen molar-refractivity contribution in [1.82, 2.24) is 20.1 Å². The maximum absolute atomic E-state index is 4.17. The molecule has 0 amide bonds. The lowest BCUT2D eigenvalue weighted by molar-refractivity contribution is 0.138. The Hall–Kier alpha value is -1.20. The molecule has 1 fully saturated rings. The van der Waals surface area contributed by atoms with E-state index in [2.05, 4.69) is 27.0 Å². The van der Waals surface area contributed by atoms with Crippen LogP contribution < -0.4 is 0 Å². The van der Waals surface area contributed by atoms with Crippen LogP contribution in [0.1, 0.15) is 41.4 Å². The molecule has 1 unspecified atom stereocenters. The number of nitrogens with zero attached hydrogens (tertiary/aromatic N) is 3.